The van der Waals surface area contributed by atoms with E-state index in [2.05, 4.69) is 17.9 Å². The Labute approximate surface area is 141 Å². The minimum Gasteiger partial charge on any atom is -0.343 e. The number of carbonyl (C=O) groups is 1. The highest BCUT2D eigenvalue weighted by Crippen LogP contribution is 2.31. The van der Waals surface area contributed by atoms with Gasteiger partial charge in [0.05, 0.1) is 5.52 Å². The second kappa shape index (κ2) is 5.38. The maximum absolute atomic E-state index is 12.6. The first-order chi connectivity index (χ1) is 11.0. The Balaban J connectivity index is 1.77. The number of benzene rings is 1. The predicted molar refractivity (Wildman–Crippen MR) is 93.0 cm³/mol. The number of hydrogen-bond acceptors (Lipinski definition) is 3. The molecule has 2 aromatic rings. The molecule has 0 saturated carbocycles. The van der Waals surface area contributed by atoms with Gasteiger partial charge in [-0.3, -0.25) is 4.79 Å². The summed E-state index contributed by atoms with van der Waals surface area (Å²) in [6.45, 7) is 5.84. The van der Waals surface area contributed by atoms with Crippen molar-refractivity contribution in [2.45, 2.75) is 38.8 Å². The van der Waals surface area contributed by atoms with E-state index in [1.165, 1.54) is 0 Å². The van der Waals surface area contributed by atoms with E-state index in [9.17, 15) is 4.79 Å². The average molecular weight is 330 g/mol. The molecule has 1 aromatic carbocycles. The third kappa shape index (κ3) is 2.36. The van der Waals surface area contributed by atoms with Crippen LogP contribution in [0.5, 0.6) is 0 Å². The number of carbonyl (C=O) groups excluding carboxylic acids is 1. The largest absolute Gasteiger partial charge is 0.343 e. The van der Waals surface area contributed by atoms with Crippen LogP contribution in [0.2, 0.25) is 5.02 Å². The van der Waals surface area contributed by atoms with Crippen molar-refractivity contribution in [3.8, 4) is 0 Å². The van der Waals surface area contributed by atoms with Crippen molar-refractivity contribution in [3.63, 3.8) is 0 Å². The van der Waals surface area contributed by atoms with Crippen molar-refractivity contribution in [2.75, 3.05) is 18.0 Å². The van der Waals surface area contributed by atoms with Gasteiger partial charge >= 0.3 is 0 Å². The third-order valence-corrected chi connectivity index (χ3v) is 5.39. The number of rotatable bonds is 1. The molecule has 23 heavy (non-hydrogen) atoms. The Kier molecular flexibility index (Phi) is 3.45. The van der Waals surface area contributed by atoms with E-state index in [0.717, 1.165) is 48.2 Å². The lowest BCUT2D eigenvalue weighted by atomic mass is 10.1. The van der Waals surface area contributed by atoms with Crippen molar-refractivity contribution < 1.29 is 4.79 Å². The van der Waals surface area contributed by atoms with E-state index in [1.807, 2.05) is 30.0 Å². The van der Waals surface area contributed by atoms with Gasteiger partial charge in [-0.05, 0) is 50.5 Å². The fraction of sp³-hybridized carbons (Fsp3) is 0.444. The maximum Gasteiger partial charge on any atom is 0.245 e. The zero-order chi connectivity index (χ0) is 16.1. The van der Waals surface area contributed by atoms with E-state index in [1.54, 1.807) is 0 Å². The monoisotopic (exact) mass is 329 g/mol. The highest BCUT2D eigenvalue weighted by atomic mass is 35.5. The number of aromatic nitrogens is 1. The number of fused-ring (bicyclic) bond motifs is 2. The Morgan fingerprint density at radius 3 is 2.91 bits per heavy atom. The molecule has 2 fully saturated rings. The van der Waals surface area contributed by atoms with Crippen LogP contribution >= 0.6 is 11.6 Å². The zero-order valence-electron chi connectivity index (χ0n) is 13.4. The summed E-state index contributed by atoms with van der Waals surface area (Å²) in [6.07, 6.45) is 2.20. The summed E-state index contributed by atoms with van der Waals surface area (Å²) >= 11 is 6.12. The molecular formula is C18H20ClN3O. The minimum atomic E-state index is -0.159. The predicted octanol–water partition coefficient (Wildman–Crippen LogP) is 3.40. The highest BCUT2D eigenvalue weighted by Gasteiger charge is 2.40. The number of anilines is 1. The number of halogens is 1. The molecule has 0 aliphatic carbocycles. The molecule has 2 aliphatic rings. The van der Waals surface area contributed by atoms with Crippen LogP contribution in [-0.4, -0.2) is 41.0 Å². The Bertz CT molecular complexity index is 791. The van der Waals surface area contributed by atoms with E-state index in [4.69, 9.17) is 16.6 Å². The van der Waals surface area contributed by atoms with Crippen LogP contribution in [0.3, 0.4) is 0 Å². The van der Waals surface area contributed by atoms with Gasteiger partial charge in [-0.15, -0.1) is 0 Å². The number of piperazine rings is 1. The van der Waals surface area contributed by atoms with Gasteiger partial charge in [0.1, 0.15) is 11.9 Å². The van der Waals surface area contributed by atoms with Gasteiger partial charge < -0.3 is 9.80 Å². The van der Waals surface area contributed by atoms with Gasteiger partial charge in [-0.25, -0.2) is 4.98 Å². The molecule has 1 amide bonds. The Hall–Kier alpha value is -1.81. The molecule has 4 nitrogen and oxygen atoms in total. The molecule has 0 radical (unpaired) electrons. The smallest absolute Gasteiger partial charge is 0.245 e. The summed E-state index contributed by atoms with van der Waals surface area (Å²) in [5, 5.41) is 1.79. The molecule has 0 bridgehead atoms. The summed E-state index contributed by atoms with van der Waals surface area (Å²) in [7, 11) is 0. The molecule has 0 N–H and O–H groups in total. The normalized spacial score (nSPS) is 24.4. The molecule has 2 atom stereocenters. The van der Waals surface area contributed by atoms with Gasteiger partial charge in [0.15, 0.2) is 0 Å². The first-order valence-corrected chi connectivity index (χ1v) is 8.56. The Morgan fingerprint density at radius 1 is 1.26 bits per heavy atom. The molecule has 4 rings (SSSR count). The number of aryl methyl sites for hydroxylation is 1. The molecule has 0 unspecified atom stereocenters. The molecular weight excluding hydrogens is 310 g/mol. The number of nitrogens with zero attached hydrogens (tertiary/aromatic N) is 3. The average Bonchev–Trinajstić information content (AvgIpc) is 2.99. The lowest BCUT2D eigenvalue weighted by Crippen LogP contribution is -2.59. The number of amides is 1. The van der Waals surface area contributed by atoms with E-state index >= 15 is 0 Å². The third-order valence-electron chi connectivity index (χ3n) is 5.15. The summed E-state index contributed by atoms with van der Waals surface area (Å²) < 4.78 is 0. The van der Waals surface area contributed by atoms with Crippen LogP contribution < -0.4 is 4.90 Å². The van der Waals surface area contributed by atoms with Crippen LogP contribution in [0.4, 0.5) is 5.82 Å². The topological polar surface area (TPSA) is 36.4 Å². The van der Waals surface area contributed by atoms with Gasteiger partial charge in [0.2, 0.25) is 5.91 Å². The fourth-order valence-electron chi connectivity index (χ4n) is 3.87. The van der Waals surface area contributed by atoms with Crippen LogP contribution in [0.15, 0.2) is 24.3 Å². The van der Waals surface area contributed by atoms with E-state index in [0.29, 0.717) is 11.1 Å². The molecule has 1 aromatic heterocycles. The molecule has 3 heterocycles. The summed E-state index contributed by atoms with van der Waals surface area (Å²) in [6, 6.07) is 8.05. The lowest BCUT2D eigenvalue weighted by Gasteiger charge is -2.42. The molecule has 2 aliphatic heterocycles. The molecule has 2 saturated heterocycles. The highest BCUT2D eigenvalue weighted by molar-refractivity contribution is 6.31. The van der Waals surface area contributed by atoms with Crippen molar-refractivity contribution in [1.82, 2.24) is 9.88 Å². The first kappa shape index (κ1) is 14.8. The molecule has 5 heteroatoms. The van der Waals surface area contributed by atoms with E-state index < -0.39 is 0 Å². The maximum atomic E-state index is 12.6. The summed E-state index contributed by atoms with van der Waals surface area (Å²) in [4.78, 5) is 21.6. The van der Waals surface area contributed by atoms with Gasteiger partial charge in [0.25, 0.3) is 0 Å². The van der Waals surface area contributed by atoms with Crippen LogP contribution in [0.1, 0.15) is 25.3 Å². The van der Waals surface area contributed by atoms with Crippen molar-refractivity contribution in [1.29, 1.82) is 0 Å². The molecule has 120 valence electrons. The van der Waals surface area contributed by atoms with Crippen molar-refractivity contribution in [2.24, 2.45) is 0 Å². The summed E-state index contributed by atoms with van der Waals surface area (Å²) in [5.74, 6) is 1.11. The molecule has 0 spiro atoms. The number of hydrogen-bond donors (Lipinski definition) is 0. The minimum absolute atomic E-state index is 0.159. The zero-order valence-corrected chi connectivity index (χ0v) is 14.2. The SMILES string of the molecule is Cc1cc(N2C[C@H]3CCCN3C(=O)[C@@H]2C)nc2cc(Cl)ccc12. The Morgan fingerprint density at radius 2 is 2.09 bits per heavy atom. The van der Waals surface area contributed by atoms with E-state index in [-0.39, 0.29) is 11.9 Å². The van der Waals surface area contributed by atoms with Gasteiger partial charge in [0, 0.05) is 29.5 Å². The fourth-order valence-corrected chi connectivity index (χ4v) is 4.04. The van der Waals surface area contributed by atoms with Gasteiger partial charge in [-0.1, -0.05) is 17.7 Å². The summed E-state index contributed by atoms with van der Waals surface area (Å²) in [5.41, 5.74) is 2.05. The van der Waals surface area contributed by atoms with Gasteiger partial charge in [-0.2, -0.15) is 0 Å². The lowest BCUT2D eigenvalue weighted by molar-refractivity contribution is -0.134. The second-order valence-electron chi connectivity index (χ2n) is 6.61. The van der Waals surface area contributed by atoms with Crippen molar-refractivity contribution >= 4 is 34.2 Å². The van der Waals surface area contributed by atoms with Crippen molar-refractivity contribution in [3.05, 3.63) is 34.9 Å². The van der Waals surface area contributed by atoms with Crippen LogP contribution in [0, 0.1) is 6.92 Å². The standard InChI is InChI=1S/C18H20ClN3O/c1-11-8-17(20-16-9-13(19)5-6-15(11)16)22-10-14-4-3-7-21(14)18(23)12(22)2/h5-6,8-9,12,14H,3-4,7,10H2,1-2H3/t12-,14+/m0/s1. The first-order valence-electron chi connectivity index (χ1n) is 8.18. The van der Waals surface area contributed by atoms with Crippen LogP contribution in [0.25, 0.3) is 10.9 Å². The van der Waals surface area contributed by atoms with Crippen LogP contribution in [-0.2, 0) is 4.79 Å². The second-order valence-corrected chi connectivity index (χ2v) is 7.05. The quantitative estimate of drug-likeness (QED) is 0.804. The number of pyridine rings is 1.